The second-order valence-corrected chi connectivity index (χ2v) is 5.65. The zero-order valence-corrected chi connectivity index (χ0v) is 13.9. The van der Waals surface area contributed by atoms with Crippen molar-refractivity contribution in [1.82, 2.24) is 4.90 Å². The van der Waals surface area contributed by atoms with Crippen LogP contribution in [0, 0.1) is 0 Å². The van der Waals surface area contributed by atoms with Gasteiger partial charge >= 0.3 is 0 Å². The molecule has 0 unspecified atom stereocenters. The van der Waals surface area contributed by atoms with Gasteiger partial charge in [-0.1, -0.05) is 42.5 Å². The zero-order chi connectivity index (χ0) is 15.9. The van der Waals surface area contributed by atoms with Crippen LogP contribution in [0.25, 0.3) is 11.1 Å². The molecule has 0 spiro atoms. The standard InChI is InChI=1S/C19H25NO2/c1-15(21-4)16-9-11-17(12-10-16)18-7-5-6-8-19(18)22-14-13-20(2)3/h5-12,15H,13-14H2,1-4H3/t15-/m0/s1. The number of nitrogens with zero attached hydrogens (tertiary/aromatic N) is 1. The van der Waals surface area contributed by atoms with Gasteiger partial charge in [-0.15, -0.1) is 0 Å². The Morgan fingerprint density at radius 3 is 2.32 bits per heavy atom. The predicted octanol–water partition coefficient (Wildman–Crippen LogP) is 4.00. The lowest BCUT2D eigenvalue weighted by molar-refractivity contribution is 0.119. The molecule has 0 N–H and O–H groups in total. The lowest BCUT2D eigenvalue weighted by atomic mass is 10.0. The number of hydrogen-bond acceptors (Lipinski definition) is 3. The van der Waals surface area contributed by atoms with Gasteiger partial charge < -0.3 is 14.4 Å². The van der Waals surface area contributed by atoms with E-state index in [4.69, 9.17) is 9.47 Å². The maximum Gasteiger partial charge on any atom is 0.127 e. The molecule has 0 aliphatic rings. The molecule has 0 radical (unpaired) electrons. The van der Waals surface area contributed by atoms with Crippen LogP contribution >= 0.6 is 0 Å². The Balaban J connectivity index is 2.17. The first-order valence-electron chi connectivity index (χ1n) is 7.61. The molecule has 2 rings (SSSR count). The van der Waals surface area contributed by atoms with Gasteiger partial charge in [-0.25, -0.2) is 0 Å². The third-order valence-corrected chi connectivity index (χ3v) is 3.73. The molecule has 0 aliphatic carbocycles. The van der Waals surface area contributed by atoms with Crippen molar-refractivity contribution in [3.05, 3.63) is 54.1 Å². The summed E-state index contributed by atoms with van der Waals surface area (Å²) in [5.41, 5.74) is 3.46. The van der Waals surface area contributed by atoms with Gasteiger partial charge in [0.1, 0.15) is 12.4 Å². The summed E-state index contributed by atoms with van der Waals surface area (Å²) >= 11 is 0. The van der Waals surface area contributed by atoms with E-state index >= 15 is 0 Å². The fourth-order valence-corrected chi connectivity index (χ4v) is 2.24. The molecule has 0 bridgehead atoms. The van der Waals surface area contributed by atoms with Gasteiger partial charge in [0.2, 0.25) is 0 Å². The van der Waals surface area contributed by atoms with E-state index in [2.05, 4.69) is 35.2 Å². The van der Waals surface area contributed by atoms with Crippen molar-refractivity contribution >= 4 is 0 Å². The van der Waals surface area contributed by atoms with Crippen LogP contribution in [0.5, 0.6) is 5.75 Å². The van der Waals surface area contributed by atoms with Crippen molar-refractivity contribution in [3.8, 4) is 16.9 Å². The van der Waals surface area contributed by atoms with Crippen molar-refractivity contribution in [2.75, 3.05) is 34.4 Å². The predicted molar refractivity (Wildman–Crippen MR) is 91.4 cm³/mol. The summed E-state index contributed by atoms with van der Waals surface area (Å²) in [4.78, 5) is 2.11. The number of likely N-dealkylation sites (N-methyl/N-ethyl adjacent to an activating group) is 1. The fourth-order valence-electron chi connectivity index (χ4n) is 2.24. The Kier molecular flexibility index (Phi) is 5.99. The highest BCUT2D eigenvalue weighted by molar-refractivity contribution is 5.70. The molecule has 0 saturated heterocycles. The maximum absolute atomic E-state index is 5.93. The van der Waals surface area contributed by atoms with Gasteiger partial charge in [0.25, 0.3) is 0 Å². The molecular formula is C19H25NO2. The van der Waals surface area contributed by atoms with Crippen molar-refractivity contribution in [2.45, 2.75) is 13.0 Å². The van der Waals surface area contributed by atoms with Crippen LogP contribution in [0.2, 0.25) is 0 Å². The van der Waals surface area contributed by atoms with Crippen molar-refractivity contribution in [2.24, 2.45) is 0 Å². The molecule has 118 valence electrons. The molecule has 0 saturated carbocycles. The summed E-state index contributed by atoms with van der Waals surface area (Å²) in [6.07, 6.45) is 0.112. The van der Waals surface area contributed by atoms with Crippen molar-refractivity contribution in [1.29, 1.82) is 0 Å². The Bertz CT molecular complexity index is 578. The Hall–Kier alpha value is -1.84. The SMILES string of the molecule is CO[C@@H](C)c1ccc(-c2ccccc2OCCN(C)C)cc1. The van der Waals surface area contributed by atoms with Gasteiger partial charge in [0.05, 0.1) is 6.10 Å². The van der Waals surface area contributed by atoms with Gasteiger partial charge in [0, 0.05) is 19.2 Å². The van der Waals surface area contributed by atoms with E-state index in [1.54, 1.807) is 7.11 Å². The van der Waals surface area contributed by atoms with Crippen LogP contribution in [-0.2, 0) is 4.74 Å². The Morgan fingerprint density at radius 1 is 1.00 bits per heavy atom. The number of hydrogen-bond donors (Lipinski definition) is 0. The highest BCUT2D eigenvalue weighted by Gasteiger charge is 2.08. The molecule has 22 heavy (non-hydrogen) atoms. The highest BCUT2D eigenvalue weighted by atomic mass is 16.5. The molecule has 0 amide bonds. The van der Waals surface area contributed by atoms with Crippen molar-refractivity contribution in [3.63, 3.8) is 0 Å². The van der Waals surface area contributed by atoms with Crippen LogP contribution < -0.4 is 4.74 Å². The van der Waals surface area contributed by atoms with Crippen LogP contribution in [0.1, 0.15) is 18.6 Å². The minimum atomic E-state index is 0.112. The van der Waals surface area contributed by atoms with Gasteiger partial charge in [-0.05, 0) is 38.2 Å². The Morgan fingerprint density at radius 2 is 1.68 bits per heavy atom. The van der Waals surface area contributed by atoms with Crippen LogP contribution in [0.3, 0.4) is 0 Å². The van der Waals surface area contributed by atoms with Gasteiger partial charge in [-0.3, -0.25) is 0 Å². The summed E-state index contributed by atoms with van der Waals surface area (Å²) in [5, 5.41) is 0. The second-order valence-electron chi connectivity index (χ2n) is 5.65. The lowest BCUT2D eigenvalue weighted by Crippen LogP contribution is -2.19. The average molecular weight is 299 g/mol. The number of methoxy groups -OCH3 is 1. The molecule has 0 fully saturated rings. The summed E-state index contributed by atoms with van der Waals surface area (Å²) in [7, 11) is 5.82. The smallest absolute Gasteiger partial charge is 0.127 e. The first kappa shape index (κ1) is 16.5. The second kappa shape index (κ2) is 7.97. The van der Waals surface area contributed by atoms with E-state index in [-0.39, 0.29) is 6.10 Å². The molecule has 3 heteroatoms. The topological polar surface area (TPSA) is 21.7 Å². The number of benzene rings is 2. The third kappa shape index (κ3) is 4.33. The molecule has 2 aromatic carbocycles. The number of ether oxygens (including phenoxy) is 2. The van der Waals surface area contributed by atoms with E-state index in [0.29, 0.717) is 6.61 Å². The average Bonchev–Trinajstić information content (AvgIpc) is 2.54. The molecule has 2 aromatic rings. The third-order valence-electron chi connectivity index (χ3n) is 3.73. The van der Waals surface area contributed by atoms with E-state index in [9.17, 15) is 0 Å². The van der Waals surface area contributed by atoms with Crippen LogP contribution in [-0.4, -0.2) is 39.3 Å². The highest BCUT2D eigenvalue weighted by Crippen LogP contribution is 2.30. The van der Waals surface area contributed by atoms with E-state index < -0.39 is 0 Å². The van der Waals surface area contributed by atoms with Gasteiger partial charge in [-0.2, -0.15) is 0 Å². The minimum Gasteiger partial charge on any atom is -0.492 e. The van der Waals surface area contributed by atoms with Crippen LogP contribution in [0.4, 0.5) is 0 Å². The summed E-state index contributed by atoms with van der Waals surface area (Å²) in [6, 6.07) is 16.6. The van der Waals surface area contributed by atoms with E-state index in [1.165, 1.54) is 5.56 Å². The number of rotatable bonds is 7. The van der Waals surface area contributed by atoms with Crippen molar-refractivity contribution < 1.29 is 9.47 Å². The van der Waals surface area contributed by atoms with Crippen LogP contribution in [0.15, 0.2) is 48.5 Å². The monoisotopic (exact) mass is 299 g/mol. The van der Waals surface area contributed by atoms with Gasteiger partial charge in [0.15, 0.2) is 0 Å². The lowest BCUT2D eigenvalue weighted by Gasteiger charge is -2.15. The minimum absolute atomic E-state index is 0.112. The summed E-state index contributed by atoms with van der Waals surface area (Å²) in [6.45, 7) is 3.63. The Labute approximate surface area is 133 Å². The van der Waals surface area contributed by atoms with E-state index in [0.717, 1.165) is 23.4 Å². The normalized spacial score (nSPS) is 12.4. The fraction of sp³-hybridized carbons (Fsp3) is 0.368. The molecule has 3 nitrogen and oxygen atoms in total. The molecule has 0 aliphatic heterocycles. The quantitative estimate of drug-likeness (QED) is 0.771. The largest absolute Gasteiger partial charge is 0.492 e. The molecular weight excluding hydrogens is 274 g/mol. The zero-order valence-electron chi connectivity index (χ0n) is 13.9. The maximum atomic E-state index is 5.93. The summed E-state index contributed by atoms with van der Waals surface area (Å²) in [5.74, 6) is 0.928. The first-order valence-corrected chi connectivity index (χ1v) is 7.61. The number of para-hydroxylation sites is 1. The first-order chi connectivity index (χ1) is 10.6. The summed E-state index contributed by atoms with van der Waals surface area (Å²) < 4.78 is 11.3. The molecule has 0 aromatic heterocycles. The molecule has 0 heterocycles. The van der Waals surface area contributed by atoms with E-state index in [1.807, 2.05) is 39.2 Å². The molecule has 1 atom stereocenters.